The second kappa shape index (κ2) is 3.71. The van der Waals surface area contributed by atoms with Gasteiger partial charge in [-0.3, -0.25) is 4.79 Å². The summed E-state index contributed by atoms with van der Waals surface area (Å²) in [5, 5.41) is 0. The van der Waals surface area contributed by atoms with Crippen LogP contribution in [0.3, 0.4) is 0 Å². The monoisotopic (exact) mass is 145 g/mol. The molecule has 0 heterocycles. The molecule has 55 valence electrons. The van der Waals surface area contributed by atoms with Crippen molar-refractivity contribution in [2.75, 3.05) is 0 Å². The van der Waals surface area contributed by atoms with Crippen molar-refractivity contribution in [2.24, 2.45) is 0 Å². The lowest BCUT2D eigenvalue weighted by Crippen LogP contribution is -1.77. The molecule has 1 rings (SSSR count). The summed E-state index contributed by atoms with van der Waals surface area (Å²) < 4.78 is 0. The summed E-state index contributed by atoms with van der Waals surface area (Å²) in [7, 11) is 0. The highest BCUT2D eigenvalue weighted by Crippen LogP contribution is 2.10. The van der Waals surface area contributed by atoms with E-state index in [1.54, 1.807) is 6.29 Å². The number of allylic oxidation sites excluding steroid dienone is 2. The molecule has 0 bridgehead atoms. The Morgan fingerprint density at radius 3 is 2.55 bits per heavy atom. The van der Waals surface area contributed by atoms with E-state index in [2.05, 4.69) is 0 Å². The fourth-order valence-corrected chi connectivity index (χ4v) is 0.873. The van der Waals surface area contributed by atoms with E-state index in [0.29, 0.717) is 0 Å². The third-order valence-corrected chi connectivity index (χ3v) is 1.50. The molecular weight excluding hydrogens is 136 g/mol. The van der Waals surface area contributed by atoms with Crippen molar-refractivity contribution < 1.29 is 4.79 Å². The van der Waals surface area contributed by atoms with E-state index in [4.69, 9.17) is 0 Å². The highest BCUT2D eigenvalue weighted by atomic mass is 16.1. The number of carbonyl (C=O) groups excluding carboxylic acids is 1. The first-order chi connectivity index (χ1) is 5.34. The maximum absolute atomic E-state index is 9.99. The van der Waals surface area contributed by atoms with Gasteiger partial charge in [0.1, 0.15) is 0 Å². The minimum Gasteiger partial charge on any atom is -0.286 e. The SMILES string of the molecule is C/C(=C\[C]=O)c1ccccc1. The van der Waals surface area contributed by atoms with Gasteiger partial charge in [0.05, 0.1) is 0 Å². The second-order valence-corrected chi connectivity index (χ2v) is 2.31. The van der Waals surface area contributed by atoms with Crippen LogP contribution in [0.15, 0.2) is 36.4 Å². The predicted molar refractivity (Wildman–Crippen MR) is 45.8 cm³/mol. The van der Waals surface area contributed by atoms with Gasteiger partial charge < -0.3 is 0 Å². The van der Waals surface area contributed by atoms with Crippen molar-refractivity contribution in [3.63, 3.8) is 0 Å². The van der Waals surface area contributed by atoms with Crippen LogP contribution in [0.4, 0.5) is 0 Å². The van der Waals surface area contributed by atoms with Crippen LogP contribution in [0.1, 0.15) is 12.5 Å². The highest BCUT2D eigenvalue weighted by molar-refractivity contribution is 5.80. The van der Waals surface area contributed by atoms with Gasteiger partial charge in [-0.15, -0.1) is 0 Å². The number of hydrogen-bond acceptors (Lipinski definition) is 1. The first kappa shape index (κ1) is 7.73. The van der Waals surface area contributed by atoms with E-state index in [0.717, 1.165) is 11.1 Å². The van der Waals surface area contributed by atoms with Crippen molar-refractivity contribution in [3.8, 4) is 0 Å². The molecule has 1 aromatic carbocycles. The molecular formula is C10H9O. The summed E-state index contributed by atoms with van der Waals surface area (Å²) in [6, 6.07) is 9.75. The Morgan fingerprint density at radius 2 is 2.00 bits per heavy atom. The molecule has 0 saturated heterocycles. The van der Waals surface area contributed by atoms with E-state index in [9.17, 15) is 4.79 Å². The molecule has 0 atom stereocenters. The molecule has 1 nitrogen and oxygen atoms in total. The van der Waals surface area contributed by atoms with Gasteiger partial charge in [0.2, 0.25) is 6.29 Å². The molecule has 1 heteroatoms. The summed E-state index contributed by atoms with van der Waals surface area (Å²) in [6.45, 7) is 1.89. The smallest absolute Gasteiger partial charge is 0.225 e. The zero-order valence-corrected chi connectivity index (χ0v) is 6.37. The lowest BCUT2D eigenvalue weighted by atomic mass is 10.1. The zero-order chi connectivity index (χ0) is 8.10. The molecule has 0 amide bonds. The third-order valence-electron chi connectivity index (χ3n) is 1.50. The van der Waals surface area contributed by atoms with Crippen molar-refractivity contribution in [1.82, 2.24) is 0 Å². The minimum absolute atomic E-state index is 0.945. The fraction of sp³-hybridized carbons (Fsp3) is 0.100. The first-order valence-corrected chi connectivity index (χ1v) is 3.44. The standard InChI is InChI=1S/C10H9O/c1-9(7-8-11)10-5-3-2-4-6-10/h2-7H,1H3/b9-7+. The summed E-state index contributed by atoms with van der Waals surface area (Å²) in [6.07, 6.45) is 3.19. The molecule has 1 radical (unpaired) electrons. The van der Waals surface area contributed by atoms with Gasteiger partial charge in [0, 0.05) is 0 Å². The van der Waals surface area contributed by atoms with Gasteiger partial charge >= 0.3 is 0 Å². The average Bonchev–Trinajstić information content (AvgIpc) is 2.07. The average molecular weight is 145 g/mol. The van der Waals surface area contributed by atoms with Crippen LogP contribution in [-0.4, -0.2) is 6.29 Å². The zero-order valence-electron chi connectivity index (χ0n) is 6.37. The summed E-state index contributed by atoms with van der Waals surface area (Å²) in [5.41, 5.74) is 2.01. The topological polar surface area (TPSA) is 17.1 Å². The van der Waals surface area contributed by atoms with Crippen LogP contribution in [0.2, 0.25) is 0 Å². The Kier molecular flexibility index (Phi) is 2.61. The molecule has 0 spiro atoms. The maximum Gasteiger partial charge on any atom is 0.225 e. The van der Waals surface area contributed by atoms with E-state index >= 15 is 0 Å². The summed E-state index contributed by atoms with van der Waals surface area (Å²) >= 11 is 0. The van der Waals surface area contributed by atoms with E-state index in [-0.39, 0.29) is 0 Å². The van der Waals surface area contributed by atoms with E-state index < -0.39 is 0 Å². The van der Waals surface area contributed by atoms with Gasteiger partial charge in [-0.1, -0.05) is 30.3 Å². The van der Waals surface area contributed by atoms with Crippen LogP contribution >= 0.6 is 0 Å². The Morgan fingerprint density at radius 1 is 1.36 bits per heavy atom. The molecule has 0 aliphatic carbocycles. The molecule has 0 aliphatic rings. The molecule has 0 saturated carbocycles. The number of hydrogen-bond donors (Lipinski definition) is 0. The van der Waals surface area contributed by atoms with Crippen molar-refractivity contribution in [1.29, 1.82) is 0 Å². The molecule has 1 aromatic rings. The van der Waals surface area contributed by atoms with Crippen LogP contribution < -0.4 is 0 Å². The minimum atomic E-state index is 0.945. The second-order valence-electron chi connectivity index (χ2n) is 2.31. The summed E-state index contributed by atoms with van der Waals surface area (Å²) in [4.78, 5) is 9.99. The van der Waals surface area contributed by atoms with Gasteiger partial charge in [-0.05, 0) is 24.1 Å². The van der Waals surface area contributed by atoms with Gasteiger partial charge in [-0.25, -0.2) is 0 Å². The number of rotatable bonds is 2. The lowest BCUT2D eigenvalue weighted by molar-refractivity contribution is 0.564. The lowest BCUT2D eigenvalue weighted by Gasteiger charge is -1.96. The number of benzene rings is 1. The van der Waals surface area contributed by atoms with Crippen molar-refractivity contribution in [2.45, 2.75) is 6.92 Å². The first-order valence-electron chi connectivity index (χ1n) is 3.44. The van der Waals surface area contributed by atoms with Gasteiger partial charge in [-0.2, -0.15) is 0 Å². The van der Waals surface area contributed by atoms with Crippen LogP contribution in [0, 0.1) is 0 Å². The fourth-order valence-electron chi connectivity index (χ4n) is 0.873. The molecule has 11 heavy (non-hydrogen) atoms. The molecule has 0 N–H and O–H groups in total. The normalized spacial score (nSPS) is 11.2. The van der Waals surface area contributed by atoms with Gasteiger partial charge in [0.15, 0.2) is 0 Å². The Balaban J connectivity index is 2.94. The Labute approximate surface area is 66.4 Å². The van der Waals surface area contributed by atoms with Gasteiger partial charge in [0.25, 0.3) is 0 Å². The Hall–Kier alpha value is -1.37. The van der Waals surface area contributed by atoms with E-state index in [1.165, 1.54) is 6.08 Å². The maximum atomic E-state index is 9.99. The molecule has 0 fully saturated rings. The van der Waals surface area contributed by atoms with Crippen molar-refractivity contribution >= 4 is 11.9 Å². The molecule has 0 aliphatic heterocycles. The quantitative estimate of drug-likeness (QED) is 0.583. The highest BCUT2D eigenvalue weighted by Gasteiger charge is 1.90. The third kappa shape index (κ3) is 2.04. The van der Waals surface area contributed by atoms with Crippen LogP contribution in [0.25, 0.3) is 5.57 Å². The van der Waals surface area contributed by atoms with E-state index in [1.807, 2.05) is 37.3 Å². The molecule has 0 unspecified atom stereocenters. The largest absolute Gasteiger partial charge is 0.286 e. The summed E-state index contributed by atoms with van der Waals surface area (Å²) in [5.74, 6) is 0. The van der Waals surface area contributed by atoms with Crippen LogP contribution in [0.5, 0.6) is 0 Å². The van der Waals surface area contributed by atoms with Crippen molar-refractivity contribution in [3.05, 3.63) is 42.0 Å². The molecule has 0 aromatic heterocycles. The predicted octanol–water partition coefficient (Wildman–Crippen LogP) is 2.20. The van der Waals surface area contributed by atoms with Crippen LogP contribution in [-0.2, 0) is 4.79 Å². The Bertz CT molecular complexity index is 259.